The summed E-state index contributed by atoms with van der Waals surface area (Å²) in [6, 6.07) is 114. The Kier molecular flexibility index (Phi) is 30.0. The Bertz CT molecular complexity index is 6600. The van der Waals surface area contributed by atoms with Gasteiger partial charge in [0.2, 0.25) is 0 Å². The van der Waals surface area contributed by atoms with Gasteiger partial charge in [0.05, 0.1) is 26.3 Å². The van der Waals surface area contributed by atoms with Crippen molar-refractivity contribution in [3.63, 3.8) is 0 Å². The monoisotopic (exact) mass is 1680 g/mol. The van der Waals surface area contributed by atoms with E-state index in [1.54, 1.807) is 48.5 Å². The van der Waals surface area contributed by atoms with Gasteiger partial charge in [-0.15, -0.1) is 0 Å². The molecule has 14 aromatic rings. The van der Waals surface area contributed by atoms with Crippen molar-refractivity contribution >= 4 is 171 Å². The Balaban J connectivity index is 0.000000221. The van der Waals surface area contributed by atoms with Crippen molar-refractivity contribution in [2.75, 3.05) is 27.8 Å². The highest BCUT2D eigenvalue weighted by molar-refractivity contribution is 5.99. The maximum absolute atomic E-state index is 11.3. The summed E-state index contributed by atoms with van der Waals surface area (Å²) in [4.78, 5) is 64.1. The van der Waals surface area contributed by atoms with Gasteiger partial charge in [-0.05, 0) is 246 Å². The number of carboxylic acids is 4. The minimum Gasteiger partial charge on any atom is -0.486 e. The molecule has 0 heterocycles. The van der Waals surface area contributed by atoms with Crippen molar-refractivity contribution < 1.29 is 39.6 Å². The molecule has 0 spiro atoms. The van der Waals surface area contributed by atoms with Crippen molar-refractivity contribution in [2.45, 2.75) is 13.8 Å². The van der Waals surface area contributed by atoms with E-state index in [0.717, 1.165) is 125 Å². The molecule has 0 radical (unpaired) electrons. The van der Waals surface area contributed by atoms with Gasteiger partial charge in [0.1, 0.15) is 0 Å². The minimum absolute atomic E-state index is 0.331. The van der Waals surface area contributed by atoms with Gasteiger partial charge >= 0.3 is 23.9 Å². The van der Waals surface area contributed by atoms with Crippen LogP contribution >= 0.6 is 0 Å². The van der Waals surface area contributed by atoms with E-state index in [9.17, 15) is 29.4 Å². The maximum Gasteiger partial charge on any atom is 0.333 e. The molecule has 0 saturated heterocycles. The summed E-state index contributed by atoms with van der Waals surface area (Å²) in [6.07, 6.45) is 28.0. The molecule has 0 saturated carbocycles. The Morgan fingerprint density at radius 1 is 0.240 bits per heavy atom. The molecule has 15 nitrogen and oxygen atoms in total. The van der Waals surface area contributed by atoms with E-state index in [1.807, 2.05) is 103 Å². The molecule has 0 unspecified atom stereocenters. The van der Waals surface area contributed by atoms with Crippen LogP contribution < -0.4 is 14.7 Å². The second-order valence-corrected chi connectivity index (χ2v) is 29.6. The zero-order valence-electron chi connectivity index (χ0n) is 70.5. The van der Waals surface area contributed by atoms with Crippen molar-refractivity contribution in [1.29, 1.82) is 0 Å². The summed E-state index contributed by atoms with van der Waals surface area (Å²) in [7, 11) is 0. The second-order valence-electron chi connectivity index (χ2n) is 29.6. The standard InChI is InChI=1S/C60H41N3O4.C54H44N4O4/c1-61-57(59(64)65)39-47-20-16-42(17-21-47)12-14-44-24-32-53(33-25-44)63(54-34-26-45(27-35-54)15-13-43-18-22-48(23-19-43)40-58(62-2)60(66)67)55-36-28-46(29-37-55)38-56(50-9-4-3-5-10-50)52-31-30-49-8-6-7-11-51(49)41-52;1-5-57(6-2)47-29-21-41(22-30-47)11-12-44-27-35-50(36-28-44)58(48-31-23-42(24-32-48)9-7-39-13-17-45(18-14-39)37-51(55-3)53(59)60)49-33-25-43(26-34-49)10-8-40-15-19-46(20-16-40)38-52(56-4)54(61)62/h3-41H,(H,64,65)(H,66,67);7-38H,5-6H2,1-2H3,(H,59,60)(H,61,62)/b14-12+,15-13+,56-38-,57-39-,58-40-;9-7+,10-8+,12-11+,51-37-,52-38-. The van der Waals surface area contributed by atoms with Gasteiger partial charge in [0, 0.05) is 52.9 Å². The fourth-order valence-corrected chi connectivity index (χ4v) is 14.1. The van der Waals surface area contributed by atoms with Crippen LogP contribution in [0.1, 0.15) is 108 Å². The normalized spacial score (nSPS) is 11.8. The average Bonchev–Trinajstić information content (AvgIpc) is 0.809. The molecule has 14 aromatic carbocycles. The van der Waals surface area contributed by atoms with Crippen LogP contribution in [-0.2, 0) is 19.2 Å². The van der Waals surface area contributed by atoms with Gasteiger partial charge in [-0.3, -0.25) is 19.2 Å². The Hall–Kier alpha value is -18.0. The highest BCUT2D eigenvalue weighted by atomic mass is 16.4. The first-order chi connectivity index (χ1) is 62.9. The quantitative estimate of drug-likeness (QED) is 0.0191. The third-order valence-corrected chi connectivity index (χ3v) is 21.0. The van der Waals surface area contributed by atoms with E-state index in [-0.39, 0.29) is 22.8 Å². The van der Waals surface area contributed by atoms with Crippen LogP contribution in [-0.4, -0.2) is 57.4 Å². The molecule has 0 amide bonds. The number of hydrogen-bond donors (Lipinski definition) is 4. The third-order valence-electron chi connectivity index (χ3n) is 21.0. The lowest BCUT2D eigenvalue weighted by atomic mass is 9.94. The Morgan fingerprint density at radius 3 is 0.690 bits per heavy atom. The topological polar surface area (TPSA) is 176 Å². The van der Waals surface area contributed by atoms with Crippen molar-refractivity contribution in [3.8, 4) is 0 Å². The highest BCUT2D eigenvalue weighted by Gasteiger charge is 2.18. The predicted octanol–water partition coefficient (Wildman–Crippen LogP) is 28.1. The van der Waals surface area contributed by atoms with Crippen LogP contribution in [0, 0.1) is 26.3 Å². The van der Waals surface area contributed by atoms with Crippen LogP contribution in [0.2, 0.25) is 0 Å². The number of aliphatic carboxylic acids is 4. The van der Waals surface area contributed by atoms with E-state index < -0.39 is 23.9 Å². The van der Waals surface area contributed by atoms with Gasteiger partial charge in [-0.1, -0.05) is 309 Å². The minimum atomic E-state index is -1.25. The molecule has 4 N–H and O–H groups in total. The first kappa shape index (κ1) is 88.8. The zero-order chi connectivity index (χ0) is 90.4. The summed E-state index contributed by atoms with van der Waals surface area (Å²) in [5.74, 6) is -5.00. The van der Waals surface area contributed by atoms with Crippen LogP contribution in [0.15, 0.2) is 363 Å². The molecule has 0 atom stereocenters. The van der Waals surface area contributed by atoms with Crippen molar-refractivity contribution in [3.05, 3.63) is 503 Å². The number of rotatable bonds is 30. The summed E-state index contributed by atoms with van der Waals surface area (Å²) >= 11 is 0. The molecular weight excluding hydrogens is 1600 g/mol. The van der Waals surface area contributed by atoms with Crippen LogP contribution in [0.3, 0.4) is 0 Å². The number of anilines is 7. The smallest absolute Gasteiger partial charge is 0.333 e. The van der Waals surface area contributed by atoms with Gasteiger partial charge in [-0.25, -0.2) is 19.4 Å². The van der Waals surface area contributed by atoms with E-state index in [0.29, 0.717) is 22.3 Å². The lowest BCUT2D eigenvalue weighted by Crippen LogP contribution is -2.21. The van der Waals surface area contributed by atoms with Gasteiger partial charge in [0.25, 0.3) is 22.8 Å². The van der Waals surface area contributed by atoms with Crippen molar-refractivity contribution in [1.82, 2.24) is 0 Å². The first-order valence-corrected chi connectivity index (χ1v) is 41.3. The molecule has 0 bridgehead atoms. The number of fused-ring (bicyclic) bond motifs is 1. The van der Waals surface area contributed by atoms with Crippen LogP contribution in [0.4, 0.5) is 39.8 Å². The zero-order valence-corrected chi connectivity index (χ0v) is 70.5. The molecular formula is C114H85N7O8. The largest absolute Gasteiger partial charge is 0.486 e. The first-order valence-electron chi connectivity index (χ1n) is 41.3. The lowest BCUT2D eigenvalue weighted by molar-refractivity contribution is -0.133. The number of nitrogens with zero attached hydrogens (tertiary/aromatic N) is 7. The average molecular weight is 1680 g/mol. The summed E-state index contributed by atoms with van der Waals surface area (Å²) in [5.41, 5.74) is 22.7. The molecule has 624 valence electrons. The van der Waals surface area contributed by atoms with Gasteiger partial charge in [0.15, 0.2) is 0 Å². The van der Waals surface area contributed by atoms with E-state index in [4.69, 9.17) is 36.5 Å². The third kappa shape index (κ3) is 24.5. The molecule has 0 aliphatic carbocycles. The summed E-state index contributed by atoms with van der Waals surface area (Å²) < 4.78 is 0. The Morgan fingerprint density at radius 2 is 0.450 bits per heavy atom. The number of benzene rings is 14. The SMILES string of the molecule is [C-]#[N+]/C(=C\c1ccc(/C=C/c2ccc(N(c3ccc(/C=C(/c4ccccc4)c4ccc5ccccc5c4)cc3)c3ccc(/C=C/c4ccc(/C=C(\[N+]#[C-])C(=O)O)cc4)cc3)cc2)cc1)C(=O)O.[C-]#[N+]/C(=C\c1ccc(/C=C/c2ccc(N(c3ccc(/C=C/c4ccc(/C=C(\[N+]#[C-])C(=O)O)cc4)cc3)c3ccc(/C=C/c4ccc(N(CC)CC)cc4)cc3)cc2)cc1)C(=O)O. The number of carbonyl (C=O) groups is 4. The number of carboxylic acid groups (broad SMARTS) is 4. The van der Waals surface area contributed by atoms with Gasteiger partial charge < -0.3 is 35.1 Å². The molecule has 0 aromatic heterocycles. The van der Waals surface area contributed by atoms with Crippen LogP contribution in [0.5, 0.6) is 0 Å². The second kappa shape index (κ2) is 43.7. The van der Waals surface area contributed by atoms with Crippen molar-refractivity contribution in [2.24, 2.45) is 0 Å². The summed E-state index contributed by atoms with van der Waals surface area (Å²) in [5, 5.41) is 39.1. The van der Waals surface area contributed by atoms with Gasteiger partial charge in [-0.2, -0.15) is 0 Å². The maximum atomic E-state index is 11.3. The fraction of sp³-hybridized carbons (Fsp3) is 0.0351. The lowest BCUT2D eigenvalue weighted by Gasteiger charge is -2.26. The molecule has 15 heteroatoms. The van der Waals surface area contributed by atoms with E-state index in [1.165, 1.54) is 40.8 Å². The highest BCUT2D eigenvalue weighted by Crippen LogP contribution is 2.39. The van der Waals surface area contributed by atoms with E-state index in [2.05, 4.69) is 303 Å². The molecule has 0 aliphatic heterocycles. The molecule has 129 heavy (non-hydrogen) atoms. The summed E-state index contributed by atoms with van der Waals surface area (Å²) in [6.45, 7) is 34.6. The molecule has 14 rings (SSSR count). The van der Waals surface area contributed by atoms with Crippen LogP contribution in [0.25, 0.3) is 127 Å². The van der Waals surface area contributed by atoms with E-state index >= 15 is 0 Å². The fourth-order valence-electron chi connectivity index (χ4n) is 14.1. The Labute approximate surface area is 750 Å². The molecule has 0 fully saturated rings. The number of hydrogen-bond acceptors (Lipinski definition) is 7. The molecule has 0 aliphatic rings. The predicted molar refractivity (Wildman–Crippen MR) is 529 cm³/mol.